The molecule has 1 aliphatic rings. The van der Waals surface area contributed by atoms with Crippen molar-refractivity contribution in [2.45, 2.75) is 50.4 Å². The van der Waals surface area contributed by atoms with E-state index in [1.165, 1.54) is 25.7 Å². The van der Waals surface area contributed by atoms with Crippen molar-refractivity contribution in [2.75, 3.05) is 12.8 Å². The molecule has 5 nitrogen and oxygen atoms in total. The van der Waals surface area contributed by atoms with E-state index >= 15 is 0 Å². The maximum absolute atomic E-state index is 11.4. The van der Waals surface area contributed by atoms with Crippen molar-refractivity contribution >= 4 is 11.8 Å². The summed E-state index contributed by atoms with van der Waals surface area (Å²) in [4.78, 5) is 11.4. The number of aromatic amines is 1. The molecule has 1 heterocycles. The SMILES string of the molecule is CCn1c(SCCC2CCCC2NC)n[nH]c1=O. The Balaban J connectivity index is 1.83. The largest absolute Gasteiger partial charge is 0.343 e. The first kappa shape index (κ1) is 13.7. The van der Waals surface area contributed by atoms with Gasteiger partial charge in [-0.15, -0.1) is 5.10 Å². The van der Waals surface area contributed by atoms with Gasteiger partial charge in [0.2, 0.25) is 0 Å². The summed E-state index contributed by atoms with van der Waals surface area (Å²) in [5.74, 6) is 1.82. The van der Waals surface area contributed by atoms with Gasteiger partial charge in [-0.3, -0.25) is 4.57 Å². The van der Waals surface area contributed by atoms with Gasteiger partial charge in [-0.2, -0.15) is 0 Å². The van der Waals surface area contributed by atoms with Crippen molar-refractivity contribution in [1.29, 1.82) is 0 Å². The number of hydrogen-bond acceptors (Lipinski definition) is 4. The quantitative estimate of drug-likeness (QED) is 0.768. The van der Waals surface area contributed by atoms with Crippen molar-refractivity contribution < 1.29 is 0 Å². The lowest BCUT2D eigenvalue weighted by atomic mass is 10.0. The van der Waals surface area contributed by atoms with Crippen molar-refractivity contribution in [3.05, 3.63) is 10.5 Å². The predicted octanol–water partition coefficient (Wildman–Crippen LogP) is 1.46. The second kappa shape index (κ2) is 6.43. The Morgan fingerprint density at radius 3 is 3.11 bits per heavy atom. The number of aromatic nitrogens is 3. The fourth-order valence-corrected chi connectivity index (χ4v) is 3.84. The molecule has 1 saturated carbocycles. The Bertz CT molecular complexity index is 428. The number of rotatable bonds is 6. The van der Waals surface area contributed by atoms with Crippen LogP contribution in [0.3, 0.4) is 0 Å². The van der Waals surface area contributed by atoms with E-state index in [1.807, 2.05) is 6.92 Å². The standard InChI is InChI=1S/C12H22N4OS/c1-3-16-11(17)14-15-12(16)18-8-7-9-5-4-6-10(9)13-2/h9-10,13H,3-8H2,1-2H3,(H,14,17). The first-order valence-corrected chi connectivity index (χ1v) is 7.70. The van der Waals surface area contributed by atoms with E-state index in [0.717, 1.165) is 16.8 Å². The van der Waals surface area contributed by atoms with Crippen LogP contribution < -0.4 is 11.0 Å². The summed E-state index contributed by atoms with van der Waals surface area (Å²) in [5, 5.41) is 10.8. The van der Waals surface area contributed by atoms with Crippen LogP contribution in [-0.4, -0.2) is 33.6 Å². The highest BCUT2D eigenvalue weighted by Crippen LogP contribution is 2.30. The third-order valence-electron chi connectivity index (χ3n) is 3.79. The minimum absolute atomic E-state index is 0.103. The summed E-state index contributed by atoms with van der Waals surface area (Å²) in [5.41, 5.74) is -0.103. The zero-order valence-corrected chi connectivity index (χ0v) is 11.9. The Morgan fingerprint density at radius 1 is 1.56 bits per heavy atom. The fourth-order valence-electron chi connectivity index (χ4n) is 2.76. The fraction of sp³-hybridized carbons (Fsp3) is 0.833. The Hall–Kier alpha value is -0.750. The molecule has 0 spiro atoms. The molecule has 0 aromatic carbocycles. The van der Waals surface area contributed by atoms with Gasteiger partial charge in [0.25, 0.3) is 0 Å². The molecule has 18 heavy (non-hydrogen) atoms. The van der Waals surface area contributed by atoms with Crippen molar-refractivity contribution in [1.82, 2.24) is 20.1 Å². The molecule has 1 aliphatic carbocycles. The number of hydrogen-bond donors (Lipinski definition) is 2. The van der Waals surface area contributed by atoms with Crippen LogP contribution >= 0.6 is 11.8 Å². The van der Waals surface area contributed by atoms with Crippen LogP contribution in [0.5, 0.6) is 0 Å². The van der Waals surface area contributed by atoms with E-state index in [1.54, 1.807) is 16.3 Å². The van der Waals surface area contributed by atoms with Crippen LogP contribution in [0.15, 0.2) is 9.95 Å². The molecule has 0 radical (unpaired) electrons. The zero-order chi connectivity index (χ0) is 13.0. The molecule has 2 N–H and O–H groups in total. The van der Waals surface area contributed by atoms with E-state index in [-0.39, 0.29) is 5.69 Å². The Labute approximate surface area is 112 Å². The van der Waals surface area contributed by atoms with Crippen molar-refractivity contribution in [3.63, 3.8) is 0 Å². The van der Waals surface area contributed by atoms with Crippen LogP contribution in [0, 0.1) is 5.92 Å². The van der Waals surface area contributed by atoms with Gasteiger partial charge in [-0.25, -0.2) is 9.89 Å². The van der Waals surface area contributed by atoms with Gasteiger partial charge in [0.15, 0.2) is 5.16 Å². The van der Waals surface area contributed by atoms with E-state index in [4.69, 9.17) is 0 Å². The average molecular weight is 270 g/mol. The molecule has 102 valence electrons. The maximum atomic E-state index is 11.4. The van der Waals surface area contributed by atoms with E-state index in [2.05, 4.69) is 22.6 Å². The predicted molar refractivity (Wildman–Crippen MR) is 74.1 cm³/mol. The molecular weight excluding hydrogens is 248 g/mol. The monoisotopic (exact) mass is 270 g/mol. The zero-order valence-electron chi connectivity index (χ0n) is 11.1. The second-order valence-corrected chi connectivity index (χ2v) is 5.84. The first-order valence-electron chi connectivity index (χ1n) is 6.71. The Kier molecular flexibility index (Phi) is 4.88. The molecule has 2 unspecified atom stereocenters. The molecule has 1 aromatic rings. The van der Waals surface area contributed by atoms with E-state index < -0.39 is 0 Å². The summed E-state index contributed by atoms with van der Waals surface area (Å²) in [6, 6.07) is 0.679. The van der Waals surface area contributed by atoms with E-state index in [0.29, 0.717) is 12.6 Å². The summed E-state index contributed by atoms with van der Waals surface area (Å²) in [6.07, 6.45) is 5.16. The van der Waals surface area contributed by atoms with Crippen LogP contribution in [0.1, 0.15) is 32.6 Å². The number of nitrogens with one attached hydrogen (secondary N) is 2. The van der Waals surface area contributed by atoms with Crippen LogP contribution in [-0.2, 0) is 6.54 Å². The molecule has 0 saturated heterocycles. The van der Waals surface area contributed by atoms with Gasteiger partial charge in [0, 0.05) is 18.3 Å². The molecule has 0 aliphatic heterocycles. The van der Waals surface area contributed by atoms with Gasteiger partial charge in [-0.05, 0) is 39.2 Å². The maximum Gasteiger partial charge on any atom is 0.343 e. The molecule has 0 bridgehead atoms. The third-order valence-corrected chi connectivity index (χ3v) is 4.80. The number of thioether (sulfide) groups is 1. The van der Waals surface area contributed by atoms with Gasteiger partial charge in [0.05, 0.1) is 0 Å². The lowest BCUT2D eigenvalue weighted by Crippen LogP contribution is -2.29. The minimum Gasteiger partial charge on any atom is -0.317 e. The third kappa shape index (κ3) is 2.98. The van der Waals surface area contributed by atoms with E-state index in [9.17, 15) is 4.79 Å². The van der Waals surface area contributed by atoms with Crippen molar-refractivity contribution in [3.8, 4) is 0 Å². The molecular formula is C12H22N4OS. The van der Waals surface area contributed by atoms with Crippen LogP contribution in [0.2, 0.25) is 0 Å². The van der Waals surface area contributed by atoms with Gasteiger partial charge in [-0.1, -0.05) is 18.2 Å². The average Bonchev–Trinajstić information content (AvgIpc) is 2.96. The highest BCUT2D eigenvalue weighted by atomic mass is 32.2. The summed E-state index contributed by atoms with van der Waals surface area (Å²) >= 11 is 1.68. The van der Waals surface area contributed by atoms with Gasteiger partial charge >= 0.3 is 5.69 Å². The van der Waals surface area contributed by atoms with Gasteiger partial charge in [0.1, 0.15) is 0 Å². The van der Waals surface area contributed by atoms with Crippen LogP contribution in [0.4, 0.5) is 0 Å². The van der Waals surface area contributed by atoms with Crippen LogP contribution in [0.25, 0.3) is 0 Å². The topological polar surface area (TPSA) is 62.7 Å². The smallest absolute Gasteiger partial charge is 0.317 e. The normalized spacial score (nSPS) is 23.7. The molecule has 1 fully saturated rings. The van der Waals surface area contributed by atoms with Crippen molar-refractivity contribution in [2.24, 2.45) is 5.92 Å². The molecule has 2 rings (SSSR count). The molecule has 6 heteroatoms. The highest BCUT2D eigenvalue weighted by molar-refractivity contribution is 7.99. The summed E-state index contributed by atoms with van der Waals surface area (Å²) < 4.78 is 1.69. The summed E-state index contributed by atoms with van der Waals surface area (Å²) in [7, 11) is 2.05. The van der Waals surface area contributed by atoms with Gasteiger partial charge < -0.3 is 5.32 Å². The lowest BCUT2D eigenvalue weighted by Gasteiger charge is -2.18. The Morgan fingerprint density at radius 2 is 2.39 bits per heavy atom. The molecule has 2 atom stereocenters. The number of nitrogens with zero attached hydrogens (tertiary/aromatic N) is 2. The highest BCUT2D eigenvalue weighted by Gasteiger charge is 2.25. The first-order chi connectivity index (χ1) is 8.76. The second-order valence-electron chi connectivity index (χ2n) is 4.78. The molecule has 1 aromatic heterocycles. The minimum atomic E-state index is -0.103. The summed E-state index contributed by atoms with van der Waals surface area (Å²) in [6.45, 7) is 2.65. The molecule has 0 amide bonds. The number of H-pyrrole nitrogens is 1. The lowest BCUT2D eigenvalue weighted by molar-refractivity contribution is 0.417.